The molecular weight excluding hydrogens is 1210 g/mol. The van der Waals surface area contributed by atoms with E-state index in [1.54, 1.807) is 29.7 Å². The topological polar surface area (TPSA) is 256 Å². The maximum atomic E-state index is 15.6. The number of hydrogen-bond donors (Lipinski definition) is 7. The van der Waals surface area contributed by atoms with Gasteiger partial charge in [0.05, 0.1) is 24.3 Å². The number of ketones is 3. The minimum Gasteiger partial charge on any atom is -0.369 e. The number of nitrogens with one attached hydrogen (secondary N) is 6. The van der Waals surface area contributed by atoms with E-state index in [1.165, 1.54) is 16.7 Å². The molecule has 0 bridgehead atoms. The van der Waals surface area contributed by atoms with Crippen molar-refractivity contribution >= 4 is 124 Å². The lowest BCUT2D eigenvalue weighted by atomic mass is 9.87. The summed E-state index contributed by atoms with van der Waals surface area (Å²) in [5.41, 5.74) is 15.3. The van der Waals surface area contributed by atoms with Gasteiger partial charge in [0.15, 0.2) is 11.6 Å². The zero-order valence-electron chi connectivity index (χ0n) is 51.0. The van der Waals surface area contributed by atoms with Crippen LogP contribution in [0.5, 0.6) is 0 Å². The number of aromatic nitrogens is 4. The summed E-state index contributed by atoms with van der Waals surface area (Å²) in [6, 6.07) is 42.8. The summed E-state index contributed by atoms with van der Waals surface area (Å²) in [6.07, 6.45) is 5.66. The molecule has 6 heterocycles. The van der Waals surface area contributed by atoms with Crippen LogP contribution in [-0.4, -0.2) is 100 Å². The van der Waals surface area contributed by atoms with Gasteiger partial charge in [0, 0.05) is 161 Å². The Kier molecular flexibility index (Phi) is 19.4. The summed E-state index contributed by atoms with van der Waals surface area (Å²) in [6.45, 7) is 0.624. The first-order chi connectivity index (χ1) is 45.2. The van der Waals surface area contributed by atoms with E-state index in [4.69, 9.17) is 18.0 Å². The molecular formula is C74H69N9O8S2. The zero-order valence-corrected chi connectivity index (χ0v) is 52.6. The molecule has 0 saturated carbocycles. The maximum absolute atomic E-state index is 15.6. The average Bonchev–Trinajstić information content (AvgIpc) is 2.30. The van der Waals surface area contributed by atoms with E-state index in [2.05, 4.69) is 42.4 Å². The Morgan fingerprint density at radius 2 is 0.935 bits per heavy atom. The summed E-state index contributed by atoms with van der Waals surface area (Å²) in [7, 11) is 0. The van der Waals surface area contributed by atoms with Gasteiger partial charge in [-0.1, -0.05) is 139 Å². The number of thiocarbonyl (C=S) groups is 1. The molecule has 10 aromatic rings. The lowest BCUT2D eigenvalue weighted by molar-refractivity contribution is -0.135. The molecule has 470 valence electrons. The van der Waals surface area contributed by atoms with Gasteiger partial charge in [-0.25, -0.2) is 0 Å². The Bertz CT molecular complexity index is 4600. The van der Waals surface area contributed by atoms with Crippen molar-refractivity contribution in [1.29, 1.82) is 0 Å². The van der Waals surface area contributed by atoms with Crippen molar-refractivity contribution in [2.75, 3.05) is 17.2 Å². The molecule has 2 aliphatic rings. The second-order valence-corrected chi connectivity index (χ2v) is 25.8. The Hall–Kier alpha value is -10.2. The molecule has 2 aliphatic heterocycles. The van der Waals surface area contributed by atoms with Crippen molar-refractivity contribution in [3.63, 3.8) is 0 Å². The molecule has 0 aliphatic carbocycles. The van der Waals surface area contributed by atoms with Gasteiger partial charge in [-0.15, -0.1) is 0 Å². The van der Waals surface area contributed by atoms with Crippen molar-refractivity contribution in [2.45, 2.75) is 89.3 Å². The Labute approximate surface area is 546 Å². The number of Topliss-reactive ketones (excluding diaryl/α,β-unsaturated/α-hetero) is 3. The Morgan fingerprint density at radius 3 is 1.46 bits per heavy atom. The number of carbonyl (C=O) groups excluding carboxylic acids is 8. The van der Waals surface area contributed by atoms with Crippen LogP contribution >= 0.6 is 24.0 Å². The molecule has 17 nitrogen and oxygen atoms in total. The molecule has 0 spiro atoms. The third-order valence-electron chi connectivity index (χ3n) is 18.0. The first kappa shape index (κ1) is 63.0. The highest BCUT2D eigenvalue weighted by molar-refractivity contribution is 8.23. The molecule has 0 radical (unpaired) electrons. The molecule has 4 aromatic heterocycles. The summed E-state index contributed by atoms with van der Waals surface area (Å²) in [5, 5.41) is 9.44. The number of aromatic amines is 4. The number of amides is 5. The van der Waals surface area contributed by atoms with Crippen LogP contribution in [0.25, 0.3) is 43.6 Å². The number of nitrogens with two attached hydrogens (primary N) is 1. The van der Waals surface area contributed by atoms with Gasteiger partial charge >= 0.3 is 0 Å². The van der Waals surface area contributed by atoms with E-state index in [1.807, 2.05) is 146 Å². The van der Waals surface area contributed by atoms with Gasteiger partial charge < -0.3 is 41.2 Å². The number of carbonyl (C=O) groups is 8. The number of benzene rings is 6. The number of hydrogen-bond acceptors (Lipinski definition) is 10. The van der Waals surface area contributed by atoms with Gasteiger partial charge in [-0.2, -0.15) is 0 Å². The fourth-order valence-corrected chi connectivity index (χ4v) is 14.1. The molecule has 1 fully saturated rings. The van der Waals surface area contributed by atoms with Gasteiger partial charge in [-0.05, 0) is 89.5 Å². The van der Waals surface area contributed by atoms with E-state index in [0.717, 1.165) is 65.9 Å². The fourth-order valence-electron chi connectivity index (χ4n) is 12.9. The standard InChI is InChI=1S/C74H69N9O8S2/c75-71(89)49(33-51-40-76-60-20-8-4-16-56(51)60)39-68(86)65(37-54-43-79-63-23-11-7-19-59(54)63)80-72(90)47(27-29-69(87)82-31-32-93-74(82)92)38-67(85)64(36-53-42-78-62-22-10-6-18-58(53)62)81-73(91)50(34-52-41-77-61-21-9-5-17-57(52)61)35-55(84)28-30-70(88)83-44-48-15-2-1-13-45(48)25-26-46-14-3-12-24-66(46)83/h1-24,40-43,47,49-50,64-65,76-79H,27-39,44H2,(H2,75,89)(H,80,90)(H,81,91)/t47-,49-,50-,64+,65+/m1/s1. The van der Waals surface area contributed by atoms with E-state index in [9.17, 15) is 24.0 Å². The van der Waals surface area contributed by atoms with E-state index in [-0.39, 0.29) is 88.4 Å². The lowest BCUT2D eigenvalue weighted by Gasteiger charge is -2.26. The first-order valence-electron chi connectivity index (χ1n) is 31.3. The Balaban J connectivity index is 0.834. The predicted molar refractivity (Wildman–Crippen MR) is 366 cm³/mol. The van der Waals surface area contributed by atoms with Gasteiger partial charge in [-0.3, -0.25) is 43.3 Å². The van der Waals surface area contributed by atoms with Gasteiger partial charge in [0.1, 0.15) is 10.1 Å². The van der Waals surface area contributed by atoms with Crippen LogP contribution in [0, 0.1) is 29.6 Å². The second-order valence-electron chi connectivity index (χ2n) is 24.1. The summed E-state index contributed by atoms with van der Waals surface area (Å²) in [4.78, 5) is 134. The lowest BCUT2D eigenvalue weighted by Crippen LogP contribution is -2.49. The van der Waals surface area contributed by atoms with Crippen LogP contribution in [0.15, 0.2) is 170 Å². The normalized spacial score (nSPS) is 14.5. The fraction of sp³-hybridized carbons (Fsp3) is 0.257. The van der Waals surface area contributed by atoms with E-state index >= 15 is 14.4 Å². The smallest absolute Gasteiger partial charge is 0.228 e. The number of H-pyrrole nitrogens is 4. The number of nitrogens with zero attached hydrogens (tertiary/aromatic N) is 2. The van der Waals surface area contributed by atoms with E-state index < -0.39 is 65.5 Å². The molecule has 12 rings (SSSR count). The molecule has 6 aromatic carbocycles. The highest BCUT2D eigenvalue weighted by atomic mass is 32.2. The maximum Gasteiger partial charge on any atom is 0.228 e. The number of thioether (sulfide) groups is 1. The Morgan fingerprint density at radius 1 is 0.495 bits per heavy atom. The van der Waals surface area contributed by atoms with Crippen LogP contribution in [0.1, 0.15) is 83.9 Å². The highest BCUT2D eigenvalue weighted by Gasteiger charge is 2.36. The third kappa shape index (κ3) is 14.6. The summed E-state index contributed by atoms with van der Waals surface area (Å²) in [5.74, 6) is -0.0892. The van der Waals surface area contributed by atoms with Crippen molar-refractivity contribution in [3.8, 4) is 11.8 Å². The number of primary amides is 1. The highest BCUT2D eigenvalue weighted by Crippen LogP contribution is 2.31. The van der Waals surface area contributed by atoms with Crippen molar-refractivity contribution in [3.05, 3.63) is 209 Å². The van der Waals surface area contributed by atoms with Crippen LogP contribution in [0.3, 0.4) is 0 Å². The number of para-hydroxylation sites is 5. The molecule has 19 heteroatoms. The monoisotopic (exact) mass is 1280 g/mol. The van der Waals surface area contributed by atoms with Crippen LogP contribution < -0.4 is 21.3 Å². The van der Waals surface area contributed by atoms with Crippen molar-refractivity contribution in [1.82, 2.24) is 35.5 Å². The molecule has 93 heavy (non-hydrogen) atoms. The SMILES string of the molecule is NC(=O)[C@@H](CC(=O)[C@H](Cc1c[nH]c2ccccc12)NC(=O)[C@H](CCC(=O)N1CCSC1=S)CC(=O)[C@H](Cc1c[nH]c2ccccc12)NC(=O)[C@@H](CC(=O)CCC(=O)N1Cc2ccccc2C#Cc2ccccc21)Cc1c[nH]c2ccccc12)Cc1c[nH]c2ccccc12. The van der Waals surface area contributed by atoms with Crippen molar-refractivity contribution < 1.29 is 38.4 Å². The van der Waals surface area contributed by atoms with Gasteiger partial charge in [0.2, 0.25) is 29.5 Å². The molecule has 8 N–H and O–H groups in total. The van der Waals surface area contributed by atoms with Crippen LogP contribution in [0.2, 0.25) is 0 Å². The molecule has 0 unspecified atom stereocenters. The second kappa shape index (κ2) is 28.6. The number of rotatable bonds is 27. The van der Waals surface area contributed by atoms with E-state index in [0.29, 0.717) is 39.0 Å². The minimum atomic E-state index is -1.28. The minimum absolute atomic E-state index is 0.00585. The predicted octanol–water partition coefficient (Wildman–Crippen LogP) is 10.4. The molecule has 5 atom stereocenters. The summed E-state index contributed by atoms with van der Waals surface area (Å²) < 4.78 is 0.409. The van der Waals surface area contributed by atoms with Crippen molar-refractivity contribution in [2.24, 2.45) is 23.5 Å². The quantitative estimate of drug-likeness (QED) is 0.0189. The van der Waals surface area contributed by atoms with Gasteiger partial charge in [0.25, 0.3) is 0 Å². The first-order valence-corrected chi connectivity index (χ1v) is 32.7. The van der Waals surface area contributed by atoms with Crippen LogP contribution in [0.4, 0.5) is 5.69 Å². The zero-order chi connectivity index (χ0) is 64.5. The largest absolute Gasteiger partial charge is 0.369 e. The third-order valence-corrected chi connectivity index (χ3v) is 19.4. The van der Waals surface area contributed by atoms with Crippen LogP contribution in [-0.2, 0) is 70.6 Å². The average molecular weight is 1280 g/mol. The molecule has 1 saturated heterocycles. The molecule has 5 amide bonds. The number of anilines is 1. The number of fused-ring (bicyclic) bond motifs is 6. The summed E-state index contributed by atoms with van der Waals surface area (Å²) >= 11 is 6.91.